The first-order valence-electron chi connectivity index (χ1n) is 12.7. The van der Waals surface area contributed by atoms with Crippen molar-refractivity contribution in [1.29, 1.82) is 0 Å². The van der Waals surface area contributed by atoms with Crippen molar-refractivity contribution in [3.05, 3.63) is 63.7 Å². The second-order valence-electron chi connectivity index (χ2n) is 10.5. The minimum absolute atomic E-state index is 0.00774. The van der Waals surface area contributed by atoms with E-state index in [0.717, 1.165) is 29.0 Å². The third-order valence-electron chi connectivity index (χ3n) is 7.90. The number of nitrogens with zero attached hydrogens (tertiary/aromatic N) is 3. The molecule has 3 aromatic rings. The highest BCUT2D eigenvalue weighted by Crippen LogP contribution is 2.45. The van der Waals surface area contributed by atoms with E-state index in [1.165, 1.54) is 0 Å². The van der Waals surface area contributed by atoms with Crippen LogP contribution < -0.4 is 16.1 Å². The zero-order chi connectivity index (χ0) is 30.2. The molecule has 3 aliphatic rings. The summed E-state index contributed by atoms with van der Waals surface area (Å²) in [4.78, 5) is 43.8. The summed E-state index contributed by atoms with van der Waals surface area (Å²) in [6.07, 6.45) is -9.77. The molecule has 0 bridgehead atoms. The number of aliphatic hydroxyl groups excluding tert-OH is 3. The van der Waals surface area contributed by atoms with Crippen LogP contribution in [0.25, 0.3) is 16.7 Å². The predicted molar refractivity (Wildman–Crippen MR) is 134 cm³/mol. The average molecular weight is 592 g/mol. The molecule has 1 saturated carbocycles. The van der Waals surface area contributed by atoms with E-state index in [1.807, 2.05) is 0 Å². The number of carboxylic acid groups (broad SMARTS) is 1. The Labute approximate surface area is 233 Å². The van der Waals surface area contributed by atoms with Crippen molar-refractivity contribution >= 4 is 28.8 Å². The van der Waals surface area contributed by atoms with Gasteiger partial charge in [0.25, 0.3) is 0 Å². The van der Waals surface area contributed by atoms with Crippen molar-refractivity contribution in [3.63, 3.8) is 0 Å². The molecule has 6 rings (SSSR count). The Bertz CT molecular complexity index is 1670. The SMILES string of the molecule is NC1[C@H]2CN(c3nc4c(cc3F)c(=O)c(C(=O)O[C@@H]3O[C@H](C(=O)O)[C@@H](O)[C@H](O)[C@H]3O)cn4-c3ccc(F)cc3F)C[C@@H]12. The third-order valence-corrected chi connectivity index (χ3v) is 7.90. The third kappa shape index (κ3) is 4.47. The second-order valence-corrected chi connectivity index (χ2v) is 10.5. The number of carbonyl (C=O) groups is 2. The van der Waals surface area contributed by atoms with E-state index in [-0.39, 0.29) is 35.0 Å². The number of piperidine rings is 1. The molecule has 222 valence electrons. The average Bonchev–Trinajstić information content (AvgIpc) is 3.31. The van der Waals surface area contributed by atoms with Crippen LogP contribution in [0.1, 0.15) is 10.4 Å². The number of nitrogens with two attached hydrogens (primary N) is 1. The lowest BCUT2D eigenvalue weighted by atomic mass is 9.99. The van der Waals surface area contributed by atoms with E-state index in [2.05, 4.69) is 4.98 Å². The number of esters is 1. The molecular weight excluding hydrogens is 569 g/mol. The maximum absolute atomic E-state index is 15.3. The molecule has 1 unspecified atom stereocenters. The highest BCUT2D eigenvalue weighted by Gasteiger charge is 2.54. The van der Waals surface area contributed by atoms with Gasteiger partial charge in [-0.25, -0.2) is 27.7 Å². The van der Waals surface area contributed by atoms with Crippen LogP contribution in [0.4, 0.5) is 19.0 Å². The zero-order valence-corrected chi connectivity index (χ0v) is 21.3. The number of hydrogen-bond acceptors (Lipinski definition) is 11. The number of aliphatic hydroxyl groups is 3. The number of aromatic nitrogens is 2. The van der Waals surface area contributed by atoms with Crippen LogP contribution in [-0.2, 0) is 14.3 Å². The second kappa shape index (κ2) is 10.0. The van der Waals surface area contributed by atoms with Gasteiger partial charge in [-0.1, -0.05) is 0 Å². The highest BCUT2D eigenvalue weighted by molar-refractivity contribution is 5.94. The lowest BCUT2D eigenvalue weighted by molar-refractivity contribution is -0.278. The number of aliphatic carboxylic acids is 1. The first-order chi connectivity index (χ1) is 19.9. The van der Waals surface area contributed by atoms with Crippen LogP contribution in [0.15, 0.2) is 35.3 Å². The Balaban J connectivity index is 1.44. The smallest absolute Gasteiger partial charge is 0.346 e. The molecule has 1 aromatic carbocycles. The number of anilines is 1. The van der Waals surface area contributed by atoms with Gasteiger partial charge in [0.1, 0.15) is 35.5 Å². The van der Waals surface area contributed by atoms with E-state index in [4.69, 9.17) is 15.2 Å². The number of carbonyl (C=O) groups excluding carboxylic acids is 1. The fourth-order valence-corrected chi connectivity index (χ4v) is 5.51. The number of benzene rings is 1. The Morgan fingerprint density at radius 3 is 2.36 bits per heavy atom. The van der Waals surface area contributed by atoms with Gasteiger partial charge in [-0.15, -0.1) is 0 Å². The van der Waals surface area contributed by atoms with Crippen molar-refractivity contribution in [2.45, 2.75) is 36.7 Å². The maximum atomic E-state index is 15.3. The predicted octanol–water partition coefficient (Wildman–Crippen LogP) is -0.755. The summed E-state index contributed by atoms with van der Waals surface area (Å²) in [7, 11) is 0. The molecule has 2 aromatic heterocycles. The van der Waals surface area contributed by atoms with Gasteiger partial charge >= 0.3 is 11.9 Å². The minimum atomic E-state index is -2.16. The van der Waals surface area contributed by atoms with Crippen molar-refractivity contribution in [1.82, 2.24) is 9.55 Å². The first kappa shape index (κ1) is 28.0. The lowest BCUT2D eigenvalue weighted by Gasteiger charge is -2.37. The quantitative estimate of drug-likeness (QED) is 0.233. The van der Waals surface area contributed by atoms with Crippen LogP contribution in [-0.4, -0.2) is 91.8 Å². The lowest BCUT2D eigenvalue weighted by Crippen LogP contribution is -2.60. The standard InChI is InChI=1S/C26H23F3N4O9/c27-8-1-2-15(13(28)3-8)33-7-12(25(40)42-26-20(37)18(35)19(36)21(41-26)24(38)39)17(34)9-4-14(29)23(31-22(9)33)32-5-10-11(6-32)16(10)30/h1-4,7,10-11,16,18-21,26,35-37H,5-6,30H2,(H,38,39)/t10-,11+,16?,18-,19-,20+,21-,26-/m0/s1. The van der Waals surface area contributed by atoms with Crippen LogP contribution in [0.2, 0.25) is 0 Å². The van der Waals surface area contributed by atoms with E-state index in [0.29, 0.717) is 19.2 Å². The molecule has 0 spiro atoms. The number of hydrogen-bond donors (Lipinski definition) is 5. The monoisotopic (exact) mass is 592 g/mol. The number of halogens is 3. The Kier molecular flexibility index (Phi) is 6.69. The van der Waals surface area contributed by atoms with Crippen LogP contribution in [0.3, 0.4) is 0 Å². The summed E-state index contributed by atoms with van der Waals surface area (Å²) in [5.41, 5.74) is 3.34. The van der Waals surface area contributed by atoms with E-state index in [1.54, 1.807) is 4.90 Å². The van der Waals surface area contributed by atoms with E-state index in [9.17, 15) is 43.6 Å². The van der Waals surface area contributed by atoms with Crippen LogP contribution in [0.5, 0.6) is 0 Å². The fourth-order valence-electron chi connectivity index (χ4n) is 5.51. The van der Waals surface area contributed by atoms with Crippen LogP contribution in [0, 0.1) is 29.3 Å². The van der Waals surface area contributed by atoms with E-state index < -0.39 is 76.5 Å². The minimum Gasteiger partial charge on any atom is -0.479 e. The molecule has 42 heavy (non-hydrogen) atoms. The number of fused-ring (bicyclic) bond motifs is 2. The molecular formula is C26H23F3N4O9. The molecule has 16 heteroatoms. The molecule has 13 nitrogen and oxygen atoms in total. The molecule has 2 aliphatic heterocycles. The van der Waals surface area contributed by atoms with Gasteiger partial charge in [-0.3, -0.25) is 9.36 Å². The summed E-state index contributed by atoms with van der Waals surface area (Å²) >= 11 is 0. The summed E-state index contributed by atoms with van der Waals surface area (Å²) in [5.74, 6) is -6.09. The normalized spacial score (nSPS) is 30.3. The van der Waals surface area contributed by atoms with Gasteiger partial charge in [0.2, 0.25) is 11.7 Å². The van der Waals surface area contributed by atoms with Crippen molar-refractivity contribution in [2.24, 2.45) is 17.6 Å². The molecule has 8 atom stereocenters. The number of ether oxygens (including phenoxy) is 2. The molecule has 2 saturated heterocycles. The molecule has 3 fully saturated rings. The van der Waals surface area contributed by atoms with Gasteiger partial charge in [0.05, 0.1) is 11.1 Å². The summed E-state index contributed by atoms with van der Waals surface area (Å²) in [6.45, 7) is 0.810. The summed E-state index contributed by atoms with van der Waals surface area (Å²) in [6, 6.07) is 3.26. The molecule has 4 heterocycles. The summed E-state index contributed by atoms with van der Waals surface area (Å²) < 4.78 is 54.8. The number of pyridine rings is 2. The van der Waals surface area contributed by atoms with Crippen molar-refractivity contribution in [2.75, 3.05) is 18.0 Å². The molecule has 6 N–H and O–H groups in total. The van der Waals surface area contributed by atoms with Crippen LogP contribution >= 0.6 is 0 Å². The highest BCUT2D eigenvalue weighted by atomic mass is 19.1. The van der Waals surface area contributed by atoms with E-state index >= 15 is 4.39 Å². The van der Waals surface area contributed by atoms with Gasteiger partial charge < -0.3 is 40.5 Å². The van der Waals surface area contributed by atoms with Gasteiger partial charge in [0.15, 0.2) is 23.4 Å². The Hall–Kier alpha value is -4.09. The first-order valence-corrected chi connectivity index (χ1v) is 12.7. The molecule has 0 amide bonds. The number of rotatable bonds is 5. The van der Waals surface area contributed by atoms with Gasteiger partial charge in [-0.05, 0) is 30.0 Å². The van der Waals surface area contributed by atoms with Crippen molar-refractivity contribution in [3.8, 4) is 5.69 Å². The van der Waals surface area contributed by atoms with Crippen molar-refractivity contribution < 1.29 is 52.7 Å². The largest absolute Gasteiger partial charge is 0.479 e. The topological polar surface area (TPSA) is 198 Å². The maximum Gasteiger partial charge on any atom is 0.346 e. The molecule has 1 aliphatic carbocycles. The number of carboxylic acids is 1. The summed E-state index contributed by atoms with van der Waals surface area (Å²) in [5, 5.41) is 38.8. The fraction of sp³-hybridized carbons (Fsp3) is 0.385. The Morgan fingerprint density at radius 2 is 1.71 bits per heavy atom. The van der Waals surface area contributed by atoms with Gasteiger partial charge in [-0.2, -0.15) is 0 Å². The molecule has 0 radical (unpaired) electrons. The van der Waals surface area contributed by atoms with Gasteiger partial charge in [0, 0.05) is 31.4 Å². The Morgan fingerprint density at radius 1 is 1.02 bits per heavy atom. The zero-order valence-electron chi connectivity index (χ0n) is 21.3.